The lowest BCUT2D eigenvalue weighted by atomic mass is 10.0. The van der Waals surface area contributed by atoms with Gasteiger partial charge in [-0.05, 0) is 98.0 Å². The van der Waals surface area contributed by atoms with Crippen LogP contribution in [0.15, 0.2) is 76.9 Å². The first kappa shape index (κ1) is 19.8. The number of halogens is 1. The number of hydrogen-bond acceptors (Lipinski definition) is 2. The number of hydrogen-bond donors (Lipinski definition) is 1. The normalized spacial score (nSPS) is 16.1. The molecule has 148 valence electrons. The molecule has 0 aliphatic carbocycles. The summed E-state index contributed by atoms with van der Waals surface area (Å²) in [5, 5.41) is 3.67. The number of anilines is 2. The fourth-order valence-electron chi connectivity index (χ4n) is 4.26. The number of nitrogens with one attached hydrogen (secondary N) is 1. The zero-order valence-corrected chi connectivity index (χ0v) is 19.0. The molecule has 29 heavy (non-hydrogen) atoms. The van der Waals surface area contributed by atoms with Gasteiger partial charge in [0.05, 0.1) is 12.6 Å². The molecule has 1 heterocycles. The molecule has 0 saturated heterocycles. The van der Waals surface area contributed by atoms with E-state index in [2.05, 4.69) is 121 Å². The Morgan fingerprint density at radius 1 is 0.828 bits per heavy atom. The van der Waals surface area contributed by atoms with Gasteiger partial charge in [0, 0.05) is 21.5 Å². The molecule has 2 nitrogen and oxygen atoms in total. The smallest absolute Gasteiger partial charge is 0.0751 e. The molecule has 0 radical (unpaired) electrons. The molecule has 0 saturated carbocycles. The van der Waals surface area contributed by atoms with Crippen molar-refractivity contribution in [2.24, 2.45) is 0 Å². The van der Waals surface area contributed by atoms with E-state index in [-0.39, 0.29) is 6.04 Å². The second kappa shape index (κ2) is 8.08. The van der Waals surface area contributed by atoms with Crippen molar-refractivity contribution < 1.29 is 0 Å². The van der Waals surface area contributed by atoms with Gasteiger partial charge >= 0.3 is 0 Å². The Hall–Kier alpha value is -2.52. The Bertz CT molecular complexity index is 1040. The largest absolute Gasteiger partial charge is 0.358 e. The lowest BCUT2D eigenvalue weighted by Gasteiger charge is -2.28. The van der Waals surface area contributed by atoms with Crippen molar-refractivity contribution in [3.63, 3.8) is 0 Å². The molecule has 0 spiro atoms. The van der Waals surface area contributed by atoms with Crippen molar-refractivity contribution in [1.82, 2.24) is 0 Å². The zero-order valence-electron chi connectivity index (χ0n) is 17.5. The summed E-state index contributed by atoms with van der Waals surface area (Å²) in [4.78, 5) is 2.48. The van der Waals surface area contributed by atoms with Gasteiger partial charge in [0.2, 0.25) is 0 Å². The average molecular weight is 447 g/mol. The van der Waals surface area contributed by atoms with E-state index in [0.717, 1.165) is 16.7 Å². The molecular weight excluding hydrogens is 420 g/mol. The van der Waals surface area contributed by atoms with Crippen LogP contribution >= 0.6 is 15.9 Å². The molecule has 1 aliphatic heterocycles. The van der Waals surface area contributed by atoms with Crippen LogP contribution in [0.4, 0.5) is 11.4 Å². The molecule has 3 aromatic carbocycles. The predicted molar refractivity (Wildman–Crippen MR) is 128 cm³/mol. The second-order valence-corrected chi connectivity index (χ2v) is 9.08. The summed E-state index contributed by atoms with van der Waals surface area (Å²) in [6.07, 6.45) is 2.36. The molecule has 4 rings (SSSR count). The maximum atomic E-state index is 3.67. The standard InChI is InChI=1S/C26H27BrN2/c1-17-8-18(2)11-23(10-17)28-24-15-26(21-6-5-7-22(27)14-21)29(16-24)25-12-19(3)9-20(4)13-25/h5-15,26,28H,16H2,1-4H3/t26-/m0/s1. The highest BCUT2D eigenvalue weighted by molar-refractivity contribution is 9.10. The lowest BCUT2D eigenvalue weighted by Crippen LogP contribution is -2.25. The van der Waals surface area contributed by atoms with Crippen molar-refractivity contribution in [3.05, 3.63) is 105 Å². The highest BCUT2D eigenvalue weighted by atomic mass is 79.9. The Labute approximate surface area is 182 Å². The Morgan fingerprint density at radius 3 is 2.07 bits per heavy atom. The molecule has 3 heteroatoms. The van der Waals surface area contributed by atoms with E-state index < -0.39 is 0 Å². The summed E-state index contributed by atoms with van der Waals surface area (Å²) in [6, 6.07) is 22.2. The highest BCUT2D eigenvalue weighted by Crippen LogP contribution is 2.36. The van der Waals surface area contributed by atoms with Gasteiger partial charge in [0.15, 0.2) is 0 Å². The topological polar surface area (TPSA) is 15.3 Å². The van der Waals surface area contributed by atoms with Crippen molar-refractivity contribution >= 4 is 27.3 Å². The SMILES string of the molecule is Cc1cc(C)cc(NC2=C[C@@H](c3cccc(Br)c3)N(c3cc(C)cc(C)c3)C2)c1. The van der Waals surface area contributed by atoms with Crippen LogP contribution in [-0.2, 0) is 0 Å². The van der Waals surface area contributed by atoms with E-state index in [0.29, 0.717) is 0 Å². The second-order valence-electron chi connectivity index (χ2n) is 8.17. The molecule has 1 atom stereocenters. The molecule has 0 unspecified atom stereocenters. The maximum absolute atomic E-state index is 3.67. The summed E-state index contributed by atoms with van der Waals surface area (Å²) in [5.74, 6) is 0. The van der Waals surface area contributed by atoms with Crippen LogP contribution < -0.4 is 10.2 Å². The zero-order chi connectivity index (χ0) is 20.5. The van der Waals surface area contributed by atoms with Crippen molar-refractivity contribution in [2.75, 3.05) is 16.8 Å². The van der Waals surface area contributed by atoms with Crippen molar-refractivity contribution in [3.8, 4) is 0 Å². The van der Waals surface area contributed by atoms with E-state index in [1.54, 1.807) is 0 Å². The fraction of sp³-hybridized carbons (Fsp3) is 0.231. The van der Waals surface area contributed by atoms with E-state index in [1.807, 2.05) is 0 Å². The van der Waals surface area contributed by atoms with Crippen LogP contribution in [0.5, 0.6) is 0 Å². The fourth-order valence-corrected chi connectivity index (χ4v) is 4.68. The number of rotatable bonds is 4. The van der Waals surface area contributed by atoms with Crippen LogP contribution in [0, 0.1) is 27.7 Å². The summed E-state index contributed by atoms with van der Waals surface area (Å²) < 4.78 is 1.11. The predicted octanol–water partition coefficient (Wildman–Crippen LogP) is 7.24. The Kier molecular flexibility index (Phi) is 5.51. The van der Waals surface area contributed by atoms with Gasteiger partial charge in [-0.3, -0.25) is 0 Å². The maximum Gasteiger partial charge on any atom is 0.0751 e. The van der Waals surface area contributed by atoms with Crippen LogP contribution in [0.3, 0.4) is 0 Å². The number of aryl methyl sites for hydroxylation is 4. The van der Waals surface area contributed by atoms with Crippen LogP contribution in [-0.4, -0.2) is 6.54 Å². The average Bonchev–Trinajstić information content (AvgIpc) is 3.04. The lowest BCUT2D eigenvalue weighted by molar-refractivity contribution is 0.808. The van der Waals surface area contributed by atoms with Gasteiger partial charge in [0.25, 0.3) is 0 Å². The Balaban J connectivity index is 1.71. The highest BCUT2D eigenvalue weighted by Gasteiger charge is 2.27. The minimum atomic E-state index is 0.196. The van der Waals surface area contributed by atoms with Crippen molar-refractivity contribution in [2.45, 2.75) is 33.7 Å². The minimum absolute atomic E-state index is 0.196. The molecular formula is C26H27BrN2. The molecule has 1 aliphatic rings. The number of nitrogens with zero attached hydrogens (tertiary/aromatic N) is 1. The summed E-state index contributed by atoms with van der Waals surface area (Å²) in [5.41, 5.74) is 10.1. The van der Waals surface area contributed by atoms with E-state index in [4.69, 9.17) is 0 Å². The van der Waals surface area contributed by atoms with Crippen LogP contribution in [0.25, 0.3) is 0 Å². The summed E-state index contributed by atoms with van der Waals surface area (Å²) in [7, 11) is 0. The molecule has 1 N–H and O–H groups in total. The van der Waals surface area contributed by atoms with Gasteiger partial charge in [0.1, 0.15) is 0 Å². The number of benzene rings is 3. The summed E-state index contributed by atoms with van der Waals surface area (Å²) >= 11 is 3.64. The monoisotopic (exact) mass is 446 g/mol. The van der Waals surface area contributed by atoms with Crippen LogP contribution in [0.2, 0.25) is 0 Å². The molecule has 0 fully saturated rings. The van der Waals surface area contributed by atoms with E-state index in [9.17, 15) is 0 Å². The van der Waals surface area contributed by atoms with Gasteiger partial charge in [-0.25, -0.2) is 0 Å². The van der Waals surface area contributed by atoms with Gasteiger partial charge in [-0.1, -0.05) is 40.2 Å². The van der Waals surface area contributed by atoms with Gasteiger partial charge in [-0.2, -0.15) is 0 Å². The Morgan fingerprint density at radius 2 is 1.45 bits per heavy atom. The quantitative estimate of drug-likeness (QED) is 0.454. The molecule has 0 aromatic heterocycles. The van der Waals surface area contributed by atoms with E-state index in [1.165, 1.54) is 39.2 Å². The van der Waals surface area contributed by atoms with E-state index >= 15 is 0 Å². The molecule has 0 amide bonds. The molecule has 0 bridgehead atoms. The third kappa shape index (κ3) is 4.56. The third-order valence-electron chi connectivity index (χ3n) is 5.29. The molecule has 3 aromatic rings. The van der Waals surface area contributed by atoms with Gasteiger partial charge in [-0.15, -0.1) is 0 Å². The van der Waals surface area contributed by atoms with Crippen molar-refractivity contribution in [1.29, 1.82) is 0 Å². The third-order valence-corrected chi connectivity index (χ3v) is 5.78. The first-order valence-electron chi connectivity index (χ1n) is 10.0. The van der Waals surface area contributed by atoms with Gasteiger partial charge < -0.3 is 10.2 Å². The first-order chi connectivity index (χ1) is 13.9. The minimum Gasteiger partial charge on any atom is -0.358 e. The van der Waals surface area contributed by atoms with Crippen LogP contribution in [0.1, 0.15) is 33.9 Å². The first-order valence-corrected chi connectivity index (χ1v) is 10.8. The summed E-state index contributed by atoms with van der Waals surface area (Å²) in [6.45, 7) is 9.49.